The van der Waals surface area contributed by atoms with Crippen LogP contribution in [0.5, 0.6) is 0 Å². The molecule has 114 valence electrons. The highest BCUT2D eigenvalue weighted by atomic mass is 127. The fourth-order valence-corrected chi connectivity index (χ4v) is 3.57. The van der Waals surface area contributed by atoms with Gasteiger partial charge >= 0.3 is 0 Å². The molecule has 2 aliphatic rings. The van der Waals surface area contributed by atoms with Gasteiger partial charge in [-0.3, -0.25) is 0 Å². The quantitative estimate of drug-likeness (QED) is 0.788. The number of ether oxygens (including phenoxy) is 3. The largest absolute Gasteiger partial charge is 0.379 e. The van der Waals surface area contributed by atoms with Crippen molar-refractivity contribution in [3.05, 3.63) is 45.6 Å². The average Bonchev–Trinajstić information content (AvgIpc) is 2.84. The van der Waals surface area contributed by atoms with Crippen LogP contribution in [0.3, 0.4) is 0 Å². The number of hydrogen-bond acceptors (Lipinski definition) is 4. The van der Waals surface area contributed by atoms with Crippen molar-refractivity contribution in [3.8, 4) is 0 Å². The Morgan fingerprint density at radius 2 is 1.95 bits per heavy atom. The van der Waals surface area contributed by atoms with Crippen molar-refractivity contribution < 1.29 is 19.3 Å². The highest BCUT2D eigenvalue weighted by Gasteiger charge is 2.57. The van der Waals surface area contributed by atoms with E-state index in [2.05, 4.69) is 22.6 Å². The van der Waals surface area contributed by atoms with Crippen LogP contribution in [0.2, 0.25) is 0 Å². The van der Waals surface area contributed by atoms with Gasteiger partial charge in [0.25, 0.3) is 0 Å². The average molecular weight is 402 g/mol. The van der Waals surface area contributed by atoms with E-state index < -0.39 is 17.5 Å². The summed E-state index contributed by atoms with van der Waals surface area (Å²) in [5, 5.41) is 10.9. The molecule has 0 spiro atoms. The molecule has 21 heavy (non-hydrogen) atoms. The van der Waals surface area contributed by atoms with Crippen molar-refractivity contribution in [2.75, 3.05) is 6.61 Å². The molecule has 1 aromatic carbocycles. The second-order valence-electron chi connectivity index (χ2n) is 5.94. The minimum absolute atomic E-state index is 0.192. The molecule has 0 radical (unpaired) electrons. The highest BCUT2D eigenvalue weighted by molar-refractivity contribution is 14.1. The Morgan fingerprint density at radius 1 is 1.24 bits per heavy atom. The molecule has 1 heterocycles. The van der Waals surface area contributed by atoms with E-state index in [0.29, 0.717) is 6.61 Å². The lowest BCUT2D eigenvalue weighted by molar-refractivity contribution is -0.173. The summed E-state index contributed by atoms with van der Waals surface area (Å²) in [6.07, 6.45) is 1.30. The summed E-state index contributed by atoms with van der Waals surface area (Å²) < 4.78 is 18.2. The number of rotatable bonds is 4. The Kier molecular flexibility index (Phi) is 4.13. The van der Waals surface area contributed by atoms with Gasteiger partial charge in [-0.2, -0.15) is 0 Å². The minimum atomic E-state index is -1.13. The van der Waals surface area contributed by atoms with Crippen molar-refractivity contribution in [1.29, 1.82) is 0 Å². The van der Waals surface area contributed by atoms with Crippen molar-refractivity contribution >= 4 is 22.6 Å². The zero-order valence-corrected chi connectivity index (χ0v) is 14.2. The Morgan fingerprint density at radius 3 is 2.67 bits per heavy atom. The molecular weight excluding hydrogens is 383 g/mol. The summed E-state index contributed by atoms with van der Waals surface area (Å²) >= 11 is 2.14. The van der Waals surface area contributed by atoms with E-state index in [9.17, 15) is 5.11 Å². The molecule has 4 nitrogen and oxygen atoms in total. The van der Waals surface area contributed by atoms with E-state index in [-0.39, 0.29) is 12.7 Å². The predicted molar refractivity (Wildman–Crippen MR) is 87.0 cm³/mol. The highest BCUT2D eigenvalue weighted by Crippen LogP contribution is 2.45. The SMILES string of the molecule is CC1(C)O[C@H]2C=C(I)[C@@](O)(COCc3ccccc3)[C@H]2O1. The molecule has 1 fully saturated rings. The van der Waals surface area contributed by atoms with Crippen LogP contribution in [0.1, 0.15) is 19.4 Å². The summed E-state index contributed by atoms with van der Waals surface area (Å²) in [4.78, 5) is 0. The topological polar surface area (TPSA) is 47.9 Å². The normalized spacial score (nSPS) is 33.8. The van der Waals surface area contributed by atoms with Crippen LogP contribution in [0.15, 0.2) is 40.0 Å². The van der Waals surface area contributed by atoms with Gasteiger partial charge in [-0.25, -0.2) is 0 Å². The maximum Gasteiger partial charge on any atom is 0.164 e. The Labute approximate surface area is 138 Å². The number of benzene rings is 1. The number of aliphatic hydroxyl groups is 1. The van der Waals surface area contributed by atoms with Gasteiger partial charge in [0.15, 0.2) is 5.79 Å². The van der Waals surface area contributed by atoms with Crippen molar-refractivity contribution in [2.24, 2.45) is 0 Å². The van der Waals surface area contributed by atoms with Crippen molar-refractivity contribution in [2.45, 2.75) is 44.1 Å². The van der Waals surface area contributed by atoms with E-state index in [1.807, 2.05) is 50.3 Å². The third-order valence-electron chi connectivity index (χ3n) is 3.76. The Hall–Kier alpha value is -0.470. The lowest BCUT2D eigenvalue weighted by Gasteiger charge is -2.30. The summed E-state index contributed by atoms with van der Waals surface area (Å²) in [5.41, 5.74) is -0.0492. The molecule has 1 aliphatic heterocycles. The maximum absolute atomic E-state index is 10.9. The molecule has 5 heteroatoms. The van der Waals surface area contributed by atoms with Gasteiger partial charge in [0, 0.05) is 3.58 Å². The summed E-state index contributed by atoms with van der Waals surface area (Å²) in [5.74, 6) is -0.670. The first-order chi connectivity index (χ1) is 9.91. The summed E-state index contributed by atoms with van der Waals surface area (Å²) in [6, 6.07) is 9.91. The number of hydrogen-bond donors (Lipinski definition) is 1. The fraction of sp³-hybridized carbons (Fsp3) is 0.500. The maximum atomic E-state index is 10.9. The molecule has 1 aliphatic carbocycles. The molecular formula is C16H19IO4. The molecule has 0 aromatic heterocycles. The lowest BCUT2D eigenvalue weighted by atomic mass is 10.0. The van der Waals surface area contributed by atoms with Gasteiger partial charge < -0.3 is 19.3 Å². The number of halogens is 1. The van der Waals surface area contributed by atoms with Crippen LogP contribution in [0.25, 0.3) is 0 Å². The molecule has 0 amide bonds. The second kappa shape index (κ2) is 5.62. The third kappa shape index (κ3) is 3.03. The minimum Gasteiger partial charge on any atom is -0.379 e. The second-order valence-corrected chi connectivity index (χ2v) is 7.10. The predicted octanol–water partition coefficient (Wildman–Crippen LogP) is 2.79. The molecule has 0 unspecified atom stereocenters. The Bertz CT molecular complexity index is 542. The van der Waals surface area contributed by atoms with Gasteiger partial charge in [-0.05, 0) is 48.1 Å². The van der Waals surface area contributed by atoms with Gasteiger partial charge in [-0.1, -0.05) is 30.3 Å². The van der Waals surface area contributed by atoms with Crippen LogP contribution in [0, 0.1) is 0 Å². The Balaban J connectivity index is 1.65. The molecule has 0 bridgehead atoms. The van der Waals surface area contributed by atoms with Gasteiger partial charge in [0.2, 0.25) is 0 Å². The molecule has 0 saturated carbocycles. The van der Waals surface area contributed by atoms with Crippen LogP contribution in [-0.4, -0.2) is 35.3 Å². The molecule has 1 saturated heterocycles. The first kappa shape index (κ1) is 15.4. The van der Waals surface area contributed by atoms with E-state index >= 15 is 0 Å². The van der Waals surface area contributed by atoms with Gasteiger partial charge in [0.1, 0.15) is 17.8 Å². The summed E-state index contributed by atoms with van der Waals surface area (Å²) in [7, 11) is 0. The smallest absolute Gasteiger partial charge is 0.164 e. The molecule has 3 atom stereocenters. The van der Waals surface area contributed by atoms with Gasteiger partial charge in [0.05, 0.1) is 13.2 Å². The fourth-order valence-electron chi connectivity index (χ4n) is 2.75. The van der Waals surface area contributed by atoms with Crippen LogP contribution in [0.4, 0.5) is 0 Å². The van der Waals surface area contributed by atoms with Crippen LogP contribution >= 0.6 is 22.6 Å². The molecule has 1 N–H and O–H groups in total. The zero-order chi connectivity index (χ0) is 15.1. The zero-order valence-electron chi connectivity index (χ0n) is 12.1. The standard InChI is InChI=1S/C16H19IO4/c1-15(2)20-12-8-13(17)16(18,14(12)21-15)10-19-9-11-6-4-3-5-7-11/h3-8,12,14,18H,9-10H2,1-2H3/t12-,14-,16-/m0/s1. The first-order valence-corrected chi connectivity index (χ1v) is 8.06. The van der Waals surface area contributed by atoms with Crippen LogP contribution < -0.4 is 0 Å². The van der Waals surface area contributed by atoms with Crippen LogP contribution in [-0.2, 0) is 20.8 Å². The lowest BCUT2D eigenvalue weighted by Crippen LogP contribution is -2.47. The van der Waals surface area contributed by atoms with E-state index in [1.165, 1.54) is 0 Å². The van der Waals surface area contributed by atoms with Crippen molar-refractivity contribution in [3.63, 3.8) is 0 Å². The first-order valence-electron chi connectivity index (χ1n) is 6.98. The molecule has 1 aromatic rings. The number of fused-ring (bicyclic) bond motifs is 1. The van der Waals surface area contributed by atoms with Gasteiger partial charge in [-0.15, -0.1) is 0 Å². The van der Waals surface area contributed by atoms with E-state index in [1.54, 1.807) is 0 Å². The van der Waals surface area contributed by atoms with E-state index in [0.717, 1.165) is 9.14 Å². The monoisotopic (exact) mass is 402 g/mol. The van der Waals surface area contributed by atoms with Crippen molar-refractivity contribution in [1.82, 2.24) is 0 Å². The third-order valence-corrected chi connectivity index (χ3v) is 5.05. The summed E-state index contributed by atoms with van der Waals surface area (Å²) in [6.45, 7) is 4.38. The van der Waals surface area contributed by atoms with E-state index in [4.69, 9.17) is 14.2 Å². The molecule has 3 rings (SSSR count).